The Labute approximate surface area is 601 Å². The number of hydrogen-bond donors (Lipinski definition) is 6. The summed E-state index contributed by atoms with van der Waals surface area (Å²) in [5, 5.41) is 66.4. The molecule has 0 aromatic heterocycles. The van der Waals surface area contributed by atoms with Crippen molar-refractivity contribution in [2.75, 3.05) is 0 Å². The normalized spacial score (nSPS) is 47.1. The molecule has 0 aliphatic heterocycles. The van der Waals surface area contributed by atoms with Crippen LogP contribution in [0.1, 0.15) is 378 Å². The highest BCUT2D eigenvalue weighted by Crippen LogP contribution is 2.73. The van der Waals surface area contributed by atoms with Crippen LogP contribution in [0, 0.1) is 149 Å². The highest BCUT2D eigenvalue weighted by molar-refractivity contribution is 5.27. The third kappa shape index (κ3) is 15.7. The lowest BCUT2D eigenvalue weighted by atomic mass is 9.43. The highest BCUT2D eigenvalue weighted by atomic mass is 16.3. The highest BCUT2D eigenvalue weighted by Gasteiger charge is 2.65. The molecule has 0 aromatic rings. The number of aliphatic hydroxyl groups excluding tert-OH is 3. The number of allylic oxidation sites excluding steroid dienone is 1. The second kappa shape index (κ2) is 29.3. The molecular formula is C91H164O6. The second-order valence-corrected chi connectivity index (χ2v) is 43.7. The molecule has 0 spiro atoms. The van der Waals surface area contributed by atoms with Crippen molar-refractivity contribution in [1.82, 2.24) is 0 Å². The van der Waals surface area contributed by atoms with Crippen LogP contribution < -0.4 is 0 Å². The Kier molecular flexibility index (Phi) is 24.4. The van der Waals surface area contributed by atoms with Gasteiger partial charge >= 0.3 is 0 Å². The fourth-order valence-electron chi connectivity index (χ4n) is 28.3. The Morgan fingerprint density at radius 1 is 0.381 bits per heavy atom. The van der Waals surface area contributed by atoms with Crippen molar-refractivity contribution in [1.29, 1.82) is 0 Å². The molecule has 6 nitrogen and oxygen atoms in total. The standard InChI is InChI=1S/2C30H54O2.C30H52O2.CH4/c3*1-8-30(32)18-17-28(6)21(19-30)9-10-22-24-12-11-23(29(24,7)16-13-25(22)28)20(2)26(31)14-15-27(3,4)5;/h2*20-26,31-32H,8-19H2,1-7H3;9,20,22-26,31-32H,8,10-19H2,1-7H3;1H4/t2*20-,21+,22-,23+,24-,25-,26-,28-,29+,30-;20-,22-,23+,24-,25-,26-,28-,29+,30-;/m000./s1. The first-order valence-electron chi connectivity index (χ1n) is 42.4. The topological polar surface area (TPSA) is 121 Å². The molecular weight excluding hydrogens is 1190 g/mol. The molecule has 11 saturated carbocycles. The Balaban J connectivity index is 0.000000170. The predicted molar refractivity (Wildman–Crippen MR) is 410 cm³/mol. The van der Waals surface area contributed by atoms with Crippen LogP contribution in [-0.2, 0) is 0 Å². The van der Waals surface area contributed by atoms with Gasteiger partial charge in [0.15, 0.2) is 0 Å². The minimum atomic E-state index is -0.460. The van der Waals surface area contributed by atoms with Gasteiger partial charge in [0.25, 0.3) is 0 Å². The Morgan fingerprint density at radius 2 is 0.701 bits per heavy atom. The fraction of sp³-hybridized carbons (Fsp3) is 0.978. The maximum Gasteiger partial charge on any atom is 0.0682 e. The first-order chi connectivity index (χ1) is 44.5. The van der Waals surface area contributed by atoms with Gasteiger partial charge in [-0.05, 0) is 374 Å². The molecule has 12 aliphatic rings. The van der Waals surface area contributed by atoms with Crippen LogP contribution in [0.3, 0.4) is 0 Å². The zero-order valence-electron chi connectivity index (χ0n) is 67.1. The monoisotopic (exact) mass is 1350 g/mol. The van der Waals surface area contributed by atoms with Crippen molar-refractivity contribution < 1.29 is 30.6 Å². The van der Waals surface area contributed by atoms with E-state index in [9.17, 15) is 30.6 Å². The van der Waals surface area contributed by atoms with Crippen molar-refractivity contribution in [3.05, 3.63) is 11.6 Å². The summed E-state index contributed by atoms with van der Waals surface area (Å²) >= 11 is 0. The molecule has 564 valence electrons. The predicted octanol–water partition coefficient (Wildman–Crippen LogP) is 23.4. The van der Waals surface area contributed by atoms with Crippen molar-refractivity contribution in [2.45, 2.75) is 413 Å². The fourth-order valence-corrected chi connectivity index (χ4v) is 28.3. The van der Waals surface area contributed by atoms with Gasteiger partial charge in [0.1, 0.15) is 0 Å². The summed E-state index contributed by atoms with van der Waals surface area (Å²) in [6.45, 7) is 49.8. The van der Waals surface area contributed by atoms with Gasteiger partial charge in [0.05, 0.1) is 35.1 Å². The van der Waals surface area contributed by atoms with Gasteiger partial charge in [-0.25, -0.2) is 0 Å². The van der Waals surface area contributed by atoms with E-state index in [-0.39, 0.29) is 25.7 Å². The van der Waals surface area contributed by atoms with E-state index < -0.39 is 16.8 Å². The third-order valence-electron chi connectivity index (χ3n) is 35.4. The maximum atomic E-state index is 11.1. The molecule has 11 fully saturated rings. The van der Waals surface area contributed by atoms with Crippen LogP contribution >= 0.6 is 0 Å². The summed E-state index contributed by atoms with van der Waals surface area (Å²) in [5.74, 6) is 12.3. The first-order valence-corrected chi connectivity index (χ1v) is 42.4. The van der Waals surface area contributed by atoms with E-state index in [1.165, 1.54) is 128 Å². The van der Waals surface area contributed by atoms with Crippen molar-refractivity contribution in [2.24, 2.45) is 149 Å². The molecule has 0 aromatic carbocycles. The van der Waals surface area contributed by atoms with E-state index in [1.807, 2.05) is 0 Å². The van der Waals surface area contributed by atoms with Gasteiger partial charge in [-0.1, -0.05) is 164 Å². The lowest BCUT2D eigenvalue weighted by Gasteiger charge is -2.62. The van der Waals surface area contributed by atoms with Crippen LogP contribution in [0.2, 0.25) is 0 Å². The SMILES string of the molecule is C.CC[C@]1(O)CC[C@@]2(C)C(=CC[C@H]3[C@@H]4CC[C@H]([C@H](C)[C@@H](O)CCC(C)(C)C)[C@@]4(C)CC[C@@H]32)C1.CC[C@]1(O)CC[C@@]2(C)[C@H](CC[C@@H]3[C@@H]2CC[C@]2(C)[C@@H]([C@H](C)[C@@H](O)CCC(C)(C)C)CC[C@@H]32)C1.CC[C@]1(O)CC[C@@]2(C)[C@H](CC[C@@H]3[C@@H]2CC[C@]2(C)[C@@H]([C@H](C)[C@@H](O)CCC(C)(C)C)CC[C@@H]32)C1. The van der Waals surface area contributed by atoms with Gasteiger partial charge in [-0.2, -0.15) is 0 Å². The lowest BCUT2D eigenvalue weighted by molar-refractivity contribution is -0.154. The van der Waals surface area contributed by atoms with Gasteiger partial charge in [0.2, 0.25) is 0 Å². The zero-order valence-corrected chi connectivity index (χ0v) is 67.1. The van der Waals surface area contributed by atoms with Crippen molar-refractivity contribution in [3.63, 3.8) is 0 Å². The molecule has 0 heterocycles. The Bertz CT molecular complexity index is 2490. The Hall–Kier alpha value is -0.500. The molecule has 12 rings (SSSR count). The van der Waals surface area contributed by atoms with E-state index in [1.54, 1.807) is 5.57 Å². The molecule has 97 heavy (non-hydrogen) atoms. The maximum absolute atomic E-state index is 11.1. The van der Waals surface area contributed by atoms with Gasteiger partial charge in [-0.3, -0.25) is 0 Å². The molecule has 6 N–H and O–H groups in total. The minimum Gasteiger partial charge on any atom is -0.393 e. The number of rotatable bonds is 15. The first kappa shape index (κ1) is 80.6. The summed E-state index contributed by atoms with van der Waals surface area (Å²) in [4.78, 5) is 0. The quantitative estimate of drug-likeness (QED) is 0.0909. The van der Waals surface area contributed by atoms with Gasteiger partial charge in [0, 0.05) is 0 Å². The van der Waals surface area contributed by atoms with Crippen LogP contribution in [0.25, 0.3) is 0 Å². The summed E-state index contributed by atoms with van der Waals surface area (Å²) in [7, 11) is 0. The lowest BCUT2D eigenvalue weighted by Crippen LogP contribution is -2.56. The summed E-state index contributed by atoms with van der Waals surface area (Å²) < 4.78 is 0. The average Bonchev–Trinajstić information content (AvgIpc) is 1.69. The molecule has 29 atom stereocenters. The van der Waals surface area contributed by atoms with E-state index in [0.29, 0.717) is 84.2 Å². The minimum absolute atomic E-state index is 0. The molecule has 0 unspecified atom stereocenters. The van der Waals surface area contributed by atoms with E-state index >= 15 is 0 Å². The van der Waals surface area contributed by atoms with Crippen molar-refractivity contribution in [3.8, 4) is 0 Å². The van der Waals surface area contributed by atoms with Gasteiger partial charge < -0.3 is 30.6 Å². The van der Waals surface area contributed by atoms with E-state index in [2.05, 4.69) is 151 Å². The Morgan fingerprint density at radius 3 is 1.04 bits per heavy atom. The molecule has 6 heteroatoms. The molecule has 0 radical (unpaired) electrons. The molecule has 0 bridgehead atoms. The number of fused-ring (bicyclic) bond motifs is 15. The summed E-state index contributed by atoms with van der Waals surface area (Å²) in [5.41, 5.74) is 3.68. The van der Waals surface area contributed by atoms with E-state index in [0.717, 1.165) is 161 Å². The third-order valence-corrected chi connectivity index (χ3v) is 35.4. The van der Waals surface area contributed by atoms with Crippen molar-refractivity contribution >= 4 is 0 Å². The van der Waals surface area contributed by atoms with Gasteiger partial charge in [-0.15, -0.1) is 0 Å². The summed E-state index contributed by atoms with van der Waals surface area (Å²) in [6.07, 6.45) is 43.6. The molecule has 0 saturated heterocycles. The smallest absolute Gasteiger partial charge is 0.0682 e. The average molecular weight is 1350 g/mol. The molecule has 0 amide bonds. The second-order valence-electron chi connectivity index (χ2n) is 43.7. The zero-order chi connectivity index (χ0) is 70.6. The summed E-state index contributed by atoms with van der Waals surface area (Å²) in [6, 6.07) is 0. The van der Waals surface area contributed by atoms with Crippen LogP contribution in [0.5, 0.6) is 0 Å². The van der Waals surface area contributed by atoms with Crippen LogP contribution in [0.4, 0.5) is 0 Å². The molecule has 12 aliphatic carbocycles. The number of hydrogen-bond acceptors (Lipinski definition) is 6. The van der Waals surface area contributed by atoms with Crippen LogP contribution in [-0.4, -0.2) is 65.8 Å². The number of aliphatic hydroxyl groups is 6. The van der Waals surface area contributed by atoms with E-state index in [4.69, 9.17) is 0 Å². The largest absolute Gasteiger partial charge is 0.393 e. The van der Waals surface area contributed by atoms with Crippen LogP contribution in [0.15, 0.2) is 11.6 Å².